The molecule has 0 aromatic carbocycles. The molecule has 0 bridgehead atoms. The first-order valence-electron chi connectivity index (χ1n) is 6.73. The number of nitrogens with one attached hydrogen (secondary N) is 3. The van der Waals surface area contributed by atoms with Gasteiger partial charge < -0.3 is 14.6 Å². The molecule has 1 saturated heterocycles. The number of likely N-dealkylation sites (tertiary alicyclic amines) is 1. The quantitative estimate of drug-likeness (QED) is 0.470. The van der Waals surface area contributed by atoms with E-state index in [0.717, 1.165) is 0 Å². The van der Waals surface area contributed by atoms with Crippen LogP contribution in [0.2, 0.25) is 0 Å². The molecule has 0 unspecified atom stereocenters. The van der Waals surface area contributed by atoms with Gasteiger partial charge in [-0.05, 0) is 18.6 Å². The fourth-order valence-corrected chi connectivity index (χ4v) is 1.93. The van der Waals surface area contributed by atoms with Gasteiger partial charge in [0.15, 0.2) is 0 Å². The van der Waals surface area contributed by atoms with Crippen molar-refractivity contribution in [1.82, 2.24) is 21.1 Å². The normalized spacial score (nSPS) is 13.8. The van der Waals surface area contributed by atoms with Gasteiger partial charge in [0.25, 0.3) is 5.91 Å². The molecule has 1 aromatic heterocycles. The number of amides is 4. The Labute approximate surface area is 126 Å². The molecule has 22 heavy (non-hydrogen) atoms. The van der Waals surface area contributed by atoms with Crippen LogP contribution < -0.4 is 16.2 Å². The average molecular weight is 308 g/mol. The molecule has 0 atom stereocenters. The number of hydrogen-bond acceptors (Lipinski definition) is 5. The summed E-state index contributed by atoms with van der Waals surface area (Å²) in [6, 6.07) is 3.30. The van der Waals surface area contributed by atoms with Gasteiger partial charge in [-0.15, -0.1) is 0 Å². The third kappa shape index (κ3) is 4.33. The van der Waals surface area contributed by atoms with Crippen LogP contribution >= 0.6 is 0 Å². The Balaban J connectivity index is 1.66. The molecule has 4 amide bonds. The second kappa shape index (κ2) is 7.25. The van der Waals surface area contributed by atoms with Gasteiger partial charge in [0.05, 0.1) is 12.8 Å². The predicted octanol–water partition coefficient (Wildman–Crippen LogP) is -1.33. The third-order valence-electron chi connectivity index (χ3n) is 3.03. The number of hydrogen-bond donors (Lipinski definition) is 3. The largest absolute Gasteiger partial charge is 0.467 e. The molecule has 9 heteroatoms. The van der Waals surface area contributed by atoms with Crippen molar-refractivity contribution in [3.05, 3.63) is 24.2 Å². The zero-order valence-corrected chi connectivity index (χ0v) is 11.8. The number of nitrogens with zero attached hydrogens (tertiary/aromatic N) is 1. The summed E-state index contributed by atoms with van der Waals surface area (Å²) in [7, 11) is 0. The Morgan fingerprint density at radius 2 is 2.05 bits per heavy atom. The van der Waals surface area contributed by atoms with Gasteiger partial charge in [0.2, 0.25) is 5.91 Å². The molecule has 0 aliphatic carbocycles. The molecule has 2 heterocycles. The van der Waals surface area contributed by atoms with E-state index < -0.39 is 17.7 Å². The second-order valence-corrected chi connectivity index (χ2v) is 4.68. The van der Waals surface area contributed by atoms with E-state index in [1.54, 1.807) is 12.1 Å². The van der Waals surface area contributed by atoms with E-state index in [2.05, 4.69) is 10.7 Å². The predicted molar refractivity (Wildman–Crippen MR) is 72.7 cm³/mol. The Morgan fingerprint density at radius 3 is 2.68 bits per heavy atom. The standard InChI is InChI=1S/C13H16N4O5/c18-10(8-17-5-1-4-11(17)19)15-16-13(21)12(20)14-7-9-3-2-6-22-9/h2-3,6H,1,4-5,7-8H2,(H,14,20)(H,15,18)(H,16,21). The smallest absolute Gasteiger partial charge is 0.327 e. The second-order valence-electron chi connectivity index (χ2n) is 4.68. The summed E-state index contributed by atoms with van der Waals surface area (Å²) < 4.78 is 4.99. The van der Waals surface area contributed by atoms with E-state index in [0.29, 0.717) is 25.1 Å². The Kier molecular flexibility index (Phi) is 5.12. The van der Waals surface area contributed by atoms with Crippen LogP contribution in [0.25, 0.3) is 0 Å². The van der Waals surface area contributed by atoms with E-state index in [1.165, 1.54) is 11.2 Å². The number of furan rings is 1. The Bertz CT molecular complexity index is 569. The maximum absolute atomic E-state index is 11.5. The summed E-state index contributed by atoms with van der Waals surface area (Å²) in [6.07, 6.45) is 2.59. The third-order valence-corrected chi connectivity index (χ3v) is 3.03. The minimum absolute atomic E-state index is 0.0650. The summed E-state index contributed by atoms with van der Waals surface area (Å²) in [6.45, 7) is 0.437. The van der Waals surface area contributed by atoms with Crippen molar-refractivity contribution in [1.29, 1.82) is 0 Å². The van der Waals surface area contributed by atoms with Crippen LogP contribution in [0.5, 0.6) is 0 Å². The van der Waals surface area contributed by atoms with Crippen LogP contribution in [0.4, 0.5) is 0 Å². The zero-order valence-electron chi connectivity index (χ0n) is 11.8. The van der Waals surface area contributed by atoms with Gasteiger partial charge in [-0.25, -0.2) is 0 Å². The summed E-state index contributed by atoms with van der Waals surface area (Å²) in [5, 5.41) is 2.33. The fourth-order valence-electron chi connectivity index (χ4n) is 1.93. The van der Waals surface area contributed by atoms with Crippen molar-refractivity contribution in [3.63, 3.8) is 0 Å². The number of rotatable bonds is 4. The molecule has 1 aliphatic heterocycles. The van der Waals surface area contributed by atoms with Crippen molar-refractivity contribution in [2.75, 3.05) is 13.1 Å². The fraction of sp³-hybridized carbons (Fsp3) is 0.385. The highest BCUT2D eigenvalue weighted by Gasteiger charge is 2.22. The first kappa shape index (κ1) is 15.5. The van der Waals surface area contributed by atoms with Crippen LogP contribution in [0.15, 0.2) is 22.8 Å². The average Bonchev–Trinajstić information content (AvgIpc) is 3.15. The molecule has 2 rings (SSSR count). The van der Waals surface area contributed by atoms with Crippen molar-refractivity contribution in [2.45, 2.75) is 19.4 Å². The molecule has 0 spiro atoms. The Morgan fingerprint density at radius 1 is 1.23 bits per heavy atom. The van der Waals surface area contributed by atoms with Crippen molar-refractivity contribution in [2.24, 2.45) is 0 Å². The van der Waals surface area contributed by atoms with Crippen LogP contribution in [0.1, 0.15) is 18.6 Å². The first-order chi connectivity index (χ1) is 10.6. The van der Waals surface area contributed by atoms with Crippen LogP contribution in [0, 0.1) is 0 Å². The minimum atomic E-state index is -1.01. The summed E-state index contributed by atoms with van der Waals surface area (Å²) >= 11 is 0. The lowest BCUT2D eigenvalue weighted by Crippen LogP contribution is -2.51. The Hall–Kier alpha value is -2.84. The molecule has 1 fully saturated rings. The topological polar surface area (TPSA) is 121 Å². The van der Waals surface area contributed by atoms with Crippen LogP contribution in [-0.2, 0) is 25.7 Å². The van der Waals surface area contributed by atoms with Gasteiger partial charge in [-0.1, -0.05) is 0 Å². The maximum Gasteiger partial charge on any atom is 0.327 e. The number of carbonyl (C=O) groups is 4. The lowest BCUT2D eigenvalue weighted by atomic mass is 10.4. The molecule has 118 valence electrons. The van der Waals surface area contributed by atoms with Crippen molar-refractivity contribution in [3.8, 4) is 0 Å². The highest BCUT2D eigenvalue weighted by molar-refractivity contribution is 6.35. The first-order valence-corrected chi connectivity index (χ1v) is 6.73. The van der Waals surface area contributed by atoms with Crippen LogP contribution in [-0.4, -0.2) is 41.6 Å². The summed E-state index contributed by atoms with van der Waals surface area (Å²) in [5.74, 6) is -2.08. The van der Waals surface area contributed by atoms with Crippen molar-refractivity contribution >= 4 is 23.6 Å². The van der Waals surface area contributed by atoms with Gasteiger partial charge in [-0.3, -0.25) is 30.0 Å². The summed E-state index contributed by atoms with van der Waals surface area (Å²) in [5.41, 5.74) is 4.07. The highest BCUT2D eigenvalue weighted by atomic mass is 16.3. The molecule has 9 nitrogen and oxygen atoms in total. The summed E-state index contributed by atoms with van der Waals surface area (Å²) in [4.78, 5) is 47.2. The van der Waals surface area contributed by atoms with E-state index >= 15 is 0 Å². The SMILES string of the molecule is O=C(CN1CCCC1=O)NNC(=O)C(=O)NCc1ccco1. The molecular formula is C13H16N4O5. The van der Waals surface area contributed by atoms with Gasteiger partial charge in [0, 0.05) is 13.0 Å². The van der Waals surface area contributed by atoms with Crippen molar-refractivity contribution < 1.29 is 23.6 Å². The molecular weight excluding hydrogens is 292 g/mol. The van der Waals surface area contributed by atoms with E-state index in [4.69, 9.17) is 4.42 Å². The number of hydrazine groups is 1. The number of carbonyl (C=O) groups excluding carboxylic acids is 4. The maximum atomic E-state index is 11.5. The molecule has 0 saturated carbocycles. The van der Waals surface area contributed by atoms with Crippen LogP contribution in [0.3, 0.4) is 0 Å². The highest BCUT2D eigenvalue weighted by Crippen LogP contribution is 2.08. The molecule has 1 aromatic rings. The molecule has 1 aliphatic rings. The lowest BCUT2D eigenvalue weighted by Gasteiger charge is -2.15. The van der Waals surface area contributed by atoms with E-state index in [-0.39, 0.29) is 19.0 Å². The molecule has 0 radical (unpaired) electrons. The molecule has 3 N–H and O–H groups in total. The minimum Gasteiger partial charge on any atom is -0.467 e. The van der Waals surface area contributed by atoms with Gasteiger partial charge in [-0.2, -0.15) is 0 Å². The zero-order chi connectivity index (χ0) is 15.9. The monoisotopic (exact) mass is 308 g/mol. The van der Waals surface area contributed by atoms with E-state index in [1.807, 2.05) is 5.43 Å². The van der Waals surface area contributed by atoms with E-state index in [9.17, 15) is 19.2 Å². The lowest BCUT2D eigenvalue weighted by molar-refractivity contribution is -0.141. The van der Waals surface area contributed by atoms with Gasteiger partial charge in [0.1, 0.15) is 12.3 Å². The van der Waals surface area contributed by atoms with Gasteiger partial charge >= 0.3 is 11.8 Å².